The summed E-state index contributed by atoms with van der Waals surface area (Å²) >= 11 is 0. The number of hydrogen-bond acceptors (Lipinski definition) is 10. The summed E-state index contributed by atoms with van der Waals surface area (Å²) in [6, 6.07) is 3.79. The fraction of sp³-hybridized carbons (Fsp3) is 0.591. The average molecular weight is 446 g/mol. The highest BCUT2D eigenvalue weighted by atomic mass is 16.5. The molecule has 0 amide bonds. The van der Waals surface area contributed by atoms with E-state index in [1.807, 2.05) is 32.9 Å². The summed E-state index contributed by atoms with van der Waals surface area (Å²) in [6.45, 7) is 6.36. The first kappa shape index (κ1) is 23.8. The van der Waals surface area contributed by atoms with Crippen molar-refractivity contribution in [2.75, 3.05) is 18.9 Å². The lowest BCUT2D eigenvalue weighted by Crippen LogP contribution is -2.32. The molecular weight excluding hydrogens is 410 g/mol. The van der Waals surface area contributed by atoms with Gasteiger partial charge in [-0.15, -0.1) is 0 Å². The lowest BCUT2D eigenvalue weighted by molar-refractivity contribution is 0.0485. The summed E-state index contributed by atoms with van der Waals surface area (Å²) in [5.74, 6) is 7.57. The van der Waals surface area contributed by atoms with Crippen molar-refractivity contribution < 1.29 is 14.0 Å². The molecular formula is C22H35N7O3. The van der Waals surface area contributed by atoms with Crippen molar-refractivity contribution in [3.05, 3.63) is 35.1 Å². The highest BCUT2D eigenvalue weighted by molar-refractivity contribution is 5.64. The minimum absolute atomic E-state index is 0.0777. The van der Waals surface area contributed by atoms with E-state index in [0.717, 1.165) is 24.3 Å². The zero-order chi connectivity index (χ0) is 23.1. The molecule has 0 spiro atoms. The van der Waals surface area contributed by atoms with Crippen LogP contribution in [0.15, 0.2) is 22.4 Å². The number of likely N-dealkylation sites (N-methyl/N-ethyl adjacent to an activating group) is 1. The molecule has 0 saturated heterocycles. The molecule has 2 aromatic heterocycles. The van der Waals surface area contributed by atoms with Crippen molar-refractivity contribution in [3.8, 4) is 5.75 Å². The number of ether oxygens (including phenoxy) is 2. The largest absolute Gasteiger partial charge is 0.489 e. The molecule has 1 saturated carbocycles. The fourth-order valence-electron chi connectivity index (χ4n) is 3.53. The lowest BCUT2D eigenvalue weighted by atomic mass is 9.98. The molecule has 0 atom stereocenters. The number of nitrogens with one attached hydrogen (secondary N) is 1. The molecule has 5 N–H and O–H groups in total. The van der Waals surface area contributed by atoms with Crippen LogP contribution in [0.2, 0.25) is 0 Å². The standard InChI is InChI=1S/C22H35N7O3/c1-14(2)30-13-20-27-22(28-32-20)25-12-18(29(4)24)21(23)17-10-11-19(15(3)26-17)31-16-8-6-5-7-9-16/h10-11,14,16H,5-9,12-13,23-24H2,1-4H3,(H,25,28)/b21-18-. The Hall–Kier alpha value is -2.85. The second-order valence-corrected chi connectivity index (χ2v) is 8.35. The summed E-state index contributed by atoms with van der Waals surface area (Å²) < 4.78 is 16.8. The first-order valence-corrected chi connectivity index (χ1v) is 11.1. The van der Waals surface area contributed by atoms with Crippen LogP contribution in [0.3, 0.4) is 0 Å². The van der Waals surface area contributed by atoms with Gasteiger partial charge < -0.3 is 30.1 Å². The molecule has 3 rings (SSSR count). The van der Waals surface area contributed by atoms with Gasteiger partial charge in [0.15, 0.2) is 0 Å². The van der Waals surface area contributed by atoms with Gasteiger partial charge in [0, 0.05) is 7.05 Å². The Labute approximate surface area is 189 Å². The number of hydrazine groups is 1. The van der Waals surface area contributed by atoms with E-state index in [2.05, 4.69) is 20.4 Å². The Bertz CT molecular complexity index is 905. The second kappa shape index (κ2) is 11.1. The van der Waals surface area contributed by atoms with Gasteiger partial charge in [0.25, 0.3) is 11.8 Å². The van der Waals surface area contributed by atoms with Gasteiger partial charge in [-0.3, -0.25) is 0 Å². The Balaban J connectivity index is 1.68. The van der Waals surface area contributed by atoms with E-state index in [1.165, 1.54) is 24.3 Å². The van der Waals surface area contributed by atoms with Gasteiger partial charge in [-0.25, -0.2) is 10.8 Å². The number of rotatable bonds is 10. The highest BCUT2D eigenvalue weighted by Crippen LogP contribution is 2.26. The second-order valence-electron chi connectivity index (χ2n) is 8.35. The van der Waals surface area contributed by atoms with E-state index in [1.54, 1.807) is 7.05 Å². The summed E-state index contributed by atoms with van der Waals surface area (Å²) in [4.78, 5) is 8.92. The van der Waals surface area contributed by atoms with Gasteiger partial charge in [-0.05, 0) is 63.7 Å². The van der Waals surface area contributed by atoms with Gasteiger partial charge in [0.05, 0.1) is 41.5 Å². The number of nitrogens with two attached hydrogens (primary N) is 2. The van der Waals surface area contributed by atoms with Gasteiger partial charge in [-0.2, -0.15) is 4.98 Å². The van der Waals surface area contributed by atoms with Crippen LogP contribution in [-0.4, -0.2) is 45.9 Å². The van der Waals surface area contributed by atoms with E-state index in [0.29, 0.717) is 35.5 Å². The molecule has 1 aliphatic rings. The predicted octanol–water partition coefficient (Wildman–Crippen LogP) is 2.95. The lowest BCUT2D eigenvalue weighted by Gasteiger charge is -2.24. The topological polar surface area (TPSA) is 138 Å². The van der Waals surface area contributed by atoms with Crippen molar-refractivity contribution in [1.29, 1.82) is 0 Å². The summed E-state index contributed by atoms with van der Waals surface area (Å²) in [6.07, 6.45) is 6.26. The molecule has 0 unspecified atom stereocenters. The zero-order valence-electron chi connectivity index (χ0n) is 19.4. The van der Waals surface area contributed by atoms with Gasteiger partial charge >= 0.3 is 0 Å². The molecule has 0 bridgehead atoms. The normalized spacial score (nSPS) is 15.6. The first-order valence-electron chi connectivity index (χ1n) is 11.1. The van der Waals surface area contributed by atoms with E-state index in [-0.39, 0.29) is 18.8 Å². The van der Waals surface area contributed by atoms with Crippen molar-refractivity contribution in [2.24, 2.45) is 11.6 Å². The quantitative estimate of drug-likeness (QED) is 0.369. The number of nitrogens with zero attached hydrogens (tertiary/aromatic N) is 4. The maximum absolute atomic E-state index is 6.42. The van der Waals surface area contributed by atoms with Crippen LogP contribution in [-0.2, 0) is 11.3 Å². The minimum Gasteiger partial charge on any atom is -0.489 e. The van der Waals surface area contributed by atoms with E-state index in [4.69, 9.17) is 25.6 Å². The van der Waals surface area contributed by atoms with Crippen LogP contribution in [0.5, 0.6) is 5.75 Å². The van der Waals surface area contributed by atoms with Crippen LogP contribution < -0.4 is 21.6 Å². The average Bonchev–Trinajstić information content (AvgIpc) is 3.22. The molecule has 1 aliphatic carbocycles. The molecule has 1 fully saturated rings. The molecule has 0 aromatic carbocycles. The Kier molecular flexibility index (Phi) is 8.29. The minimum atomic E-state index is 0.0777. The van der Waals surface area contributed by atoms with Crippen LogP contribution >= 0.6 is 0 Å². The molecule has 176 valence electrons. The predicted molar refractivity (Wildman–Crippen MR) is 122 cm³/mol. The zero-order valence-corrected chi connectivity index (χ0v) is 19.4. The Morgan fingerprint density at radius 1 is 1.25 bits per heavy atom. The fourth-order valence-corrected chi connectivity index (χ4v) is 3.53. The number of hydrogen-bond donors (Lipinski definition) is 3. The summed E-state index contributed by atoms with van der Waals surface area (Å²) in [5, 5.41) is 8.44. The van der Waals surface area contributed by atoms with E-state index >= 15 is 0 Å². The maximum atomic E-state index is 6.42. The van der Waals surface area contributed by atoms with Gasteiger partial charge in [-0.1, -0.05) is 6.42 Å². The number of anilines is 1. The molecule has 2 heterocycles. The smallest absolute Gasteiger partial charge is 0.263 e. The molecule has 10 heteroatoms. The summed E-state index contributed by atoms with van der Waals surface area (Å²) in [7, 11) is 1.72. The number of aromatic nitrogens is 3. The van der Waals surface area contributed by atoms with E-state index < -0.39 is 0 Å². The number of pyridine rings is 1. The van der Waals surface area contributed by atoms with Crippen molar-refractivity contribution in [2.45, 2.75) is 71.7 Å². The van der Waals surface area contributed by atoms with Crippen LogP contribution in [0, 0.1) is 6.92 Å². The monoisotopic (exact) mass is 445 g/mol. The third-order valence-corrected chi connectivity index (χ3v) is 5.32. The van der Waals surface area contributed by atoms with Gasteiger partial charge in [0.2, 0.25) is 0 Å². The Morgan fingerprint density at radius 3 is 2.66 bits per heavy atom. The molecule has 10 nitrogen and oxygen atoms in total. The van der Waals surface area contributed by atoms with Crippen LogP contribution in [0.1, 0.15) is 63.2 Å². The summed E-state index contributed by atoms with van der Waals surface area (Å²) in [5.41, 5.74) is 8.96. The molecule has 2 aromatic rings. The molecule has 0 aliphatic heterocycles. The maximum Gasteiger partial charge on any atom is 0.263 e. The van der Waals surface area contributed by atoms with Crippen LogP contribution in [0.25, 0.3) is 5.70 Å². The van der Waals surface area contributed by atoms with Crippen LogP contribution in [0.4, 0.5) is 5.95 Å². The highest BCUT2D eigenvalue weighted by Gasteiger charge is 2.18. The molecule has 32 heavy (non-hydrogen) atoms. The van der Waals surface area contributed by atoms with Crippen molar-refractivity contribution in [1.82, 2.24) is 20.1 Å². The van der Waals surface area contributed by atoms with Gasteiger partial charge in [0.1, 0.15) is 12.4 Å². The Morgan fingerprint density at radius 2 is 2.00 bits per heavy atom. The SMILES string of the molecule is Cc1nc(/C(N)=C(\CNc2noc(COC(C)C)n2)N(C)N)ccc1OC1CCCCC1. The third-order valence-electron chi connectivity index (χ3n) is 5.32. The third kappa shape index (κ3) is 6.57. The first-order chi connectivity index (χ1) is 15.3. The number of aryl methyl sites for hydroxylation is 1. The van der Waals surface area contributed by atoms with Crippen molar-refractivity contribution in [3.63, 3.8) is 0 Å². The van der Waals surface area contributed by atoms with Crippen molar-refractivity contribution >= 4 is 11.6 Å². The molecule has 0 radical (unpaired) electrons. The van der Waals surface area contributed by atoms with E-state index in [9.17, 15) is 0 Å².